The summed E-state index contributed by atoms with van der Waals surface area (Å²) in [5.74, 6) is -1.39. The lowest BCUT2D eigenvalue weighted by Gasteiger charge is -2.43. The minimum absolute atomic E-state index is 0.0177. The molecule has 0 unspecified atom stereocenters. The molecular weight excluding hydrogens is 429 g/mol. The summed E-state index contributed by atoms with van der Waals surface area (Å²) in [6.45, 7) is 0. The van der Waals surface area contributed by atoms with Crippen molar-refractivity contribution < 1.29 is 23.8 Å². The molecule has 8 heteroatoms. The Morgan fingerprint density at radius 3 is 2.43 bits per heavy atom. The number of ether oxygens (including phenoxy) is 3. The van der Waals surface area contributed by atoms with Crippen LogP contribution in [-0.4, -0.2) is 32.4 Å². The third kappa shape index (κ3) is 3.37. The van der Waals surface area contributed by atoms with Gasteiger partial charge in [-0.3, -0.25) is 0 Å². The SMILES string of the molecule is COC(=O)C1=C(C(=O)OC)N2c3ccccc3C=C[C@@H]2O[C@@H]1c1ccc(Cl)c(Cl)c1. The number of methoxy groups -OCH3 is 2. The Hall–Kier alpha value is -2.80. The first kappa shape index (κ1) is 20.5. The van der Waals surface area contributed by atoms with E-state index in [-0.39, 0.29) is 11.3 Å². The highest BCUT2D eigenvalue weighted by atomic mass is 35.5. The van der Waals surface area contributed by atoms with Gasteiger partial charge < -0.3 is 19.1 Å². The van der Waals surface area contributed by atoms with Gasteiger partial charge in [0.1, 0.15) is 17.4 Å². The summed E-state index contributed by atoms with van der Waals surface area (Å²) in [4.78, 5) is 27.4. The van der Waals surface area contributed by atoms with Crippen molar-refractivity contribution in [3.05, 3.63) is 81.0 Å². The van der Waals surface area contributed by atoms with Gasteiger partial charge in [0.2, 0.25) is 0 Å². The number of benzene rings is 2. The Morgan fingerprint density at radius 2 is 1.73 bits per heavy atom. The minimum Gasteiger partial charge on any atom is -0.466 e. The van der Waals surface area contributed by atoms with Crippen molar-refractivity contribution in [2.45, 2.75) is 12.3 Å². The molecule has 0 amide bonds. The number of nitrogens with zero attached hydrogens (tertiary/aromatic N) is 1. The summed E-state index contributed by atoms with van der Waals surface area (Å²) < 4.78 is 16.3. The van der Waals surface area contributed by atoms with E-state index in [1.54, 1.807) is 23.1 Å². The van der Waals surface area contributed by atoms with E-state index in [4.69, 9.17) is 37.4 Å². The molecule has 0 N–H and O–H groups in total. The molecule has 2 aromatic carbocycles. The van der Waals surface area contributed by atoms with E-state index in [1.165, 1.54) is 14.2 Å². The Balaban J connectivity index is 1.98. The van der Waals surface area contributed by atoms with Gasteiger partial charge in [-0.2, -0.15) is 0 Å². The van der Waals surface area contributed by atoms with Crippen LogP contribution in [0.25, 0.3) is 6.08 Å². The molecule has 0 aliphatic carbocycles. The maximum atomic E-state index is 12.9. The monoisotopic (exact) mass is 445 g/mol. The molecule has 0 spiro atoms. The zero-order valence-electron chi connectivity index (χ0n) is 16.1. The van der Waals surface area contributed by atoms with Crippen molar-refractivity contribution in [1.82, 2.24) is 0 Å². The van der Waals surface area contributed by atoms with E-state index < -0.39 is 24.3 Å². The number of halogens is 2. The number of esters is 2. The van der Waals surface area contributed by atoms with Crippen LogP contribution in [0.1, 0.15) is 17.2 Å². The molecule has 0 bridgehead atoms. The number of rotatable bonds is 3. The molecule has 2 atom stereocenters. The van der Waals surface area contributed by atoms with E-state index in [0.717, 1.165) is 5.56 Å². The lowest BCUT2D eigenvalue weighted by molar-refractivity contribution is -0.142. The molecule has 0 radical (unpaired) electrons. The summed E-state index contributed by atoms with van der Waals surface area (Å²) in [5, 5.41) is 0.662. The lowest BCUT2D eigenvalue weighted by Crippen LogP contribution is -2.47. The van der Waals surface area contributed by atoms with Crippen LogP contribution < -0.4 is 4.90 Å². The van der Waals surface area contributed by atoms with Crippen molar-refractivity contribution in [3.63, 3.8) is 0 Å². The average Bonchev–Trinajstić information content (AvgIpc) is 2.78. The molecule has 6 nitrogen and oxygen atoms in total. The Labute approximate surface area is 183 Å². The number of carbonyl (C=O) groups excluding carboxylic acids is 2. The van der Waals surface area contributed by atoms with Crippen LogP contribution in [0, 0.1) is 0 Å². The average molecular weight is 446 g/mol. The van der Waals surface area contributed by atoms with Gasteiger partial charge in [0.05, 0.1) is 30.0 Å². The zero-order chi connectivity index (χ0) is 21.4. The third-order valence-corrected chi connectivity index (χ3v) is 5.69. The van der Waals surface area contributed by atoms with Crippen molar-refractivity contribution in [2.75, 3.05) is 19.1 Å². The summed E-state index contributed by atoms with van der Waals surface area (Å²) in [6, 6.07) is 12.4. The Kier molecular flexibility index (Phi) is 5.56. The quantitative estimate of drug-likeness (QED) is 0.646. The summed E-state index contributed by atoms with van der Waals surface area (Å²) in [5.41, 5.74) is 2.20. The number of para-hydroxylation sites is 1. The molecular formula is C22H17Cl2NO5. The Morgan fingerprint density at radius 1 is 1.00 bits per heavy atom. The molecule has 0 aromatic heterocycles. The molecule has 0 fully saturated rings. The van der Waals surface area contributed by atoms with Crippen LogP contribution in [0.15, 0.2) is 59.8 Å². The molecule has 30 heavy (non-hydrogen) atoms. The van der Waals surface area contributed by atoms with Crippen LogP contribution >= 0.6 is 23.2 Å². The second kappa shape index (κ2) is 8.14. The topological polar surface area (TPSA) is 65.1 Å². The van der Waals surface area contributed by atoms with Gasteiger partial charge in [0.15, 0.2) is 6.23 Å². The highest BCUT2D eigenvalue weighted by molar-refractivity contribution is 6.42. The summed E-state index contributed by atoms with van der Waals surface area (Å²) >= 11 is 12.2. The number of fused-ring (bicyclic) bond motifs is 3. The second-order valence-electron chi connectivity index (χ2n) is 6.61. The van der Waals surface area contributed by atoms with E-state index in [0.29, 0.717) is 21.3 Å². The van der Waals surface area contributed by atoms with Gasteiger partial charge in [-0.1, -0.05) is 53.5 Å². The molecule has 2 heterocycles. The van der Waals surface area contributed by atoms with E-state index in [9.17, 15) is 9.59 Å². The molecule has 0 saturated carbocycles. The fourth-order valence-electron chi connectivity index (χ4n) is 3.61. The Bertz CT molecular complexity index is 1090. The first-order valence-electron chi connectivity index (χ1n) is 9.04. The predicted molar refractivity (Wildman–Crippen MR) is 113 cm³/mol. The standard InChI is InChI=1S/C22H17Cl2NO5/c1-28-21(26)18-19(22(27)29-2)25-16-6-4-3-5-12(16)8-10-17(25)30-20(18)13-7-9-14(23)15(24)11-13/h3-11,17,20H,1-2H3/t17-,20+/m0/s1. The highest BCUT2D eigenvalue weighted by Gasteiger charge is 2.44. The zero-order valence-corrected chi connectivity index (χ0v) is 17.6. The first-order valence-corrected chi connectivity index (χ1v) is 9.79. The van der Waals surface area contributed by atoms with Gasteiger partial charge >= 0.3 is 11.9 Å². The van der Waals surface area contributed by atoms with Gasteiger partial charge in [0.25, 0.3) is 0 Å². The number of hydrogen-bond donors (Lipinski definition) is 0. The van der Waals surface area contributed by atoms with Crippen LogP contribution in [0.4, 0.5) is 5.69 Å². The van der Waals surface area contributed by atoms with E-state index >= 15 is 0 Å². The normalized spacial score (nSPS) is 19.8. The van der Waals surface area contributed by atoms with Crippen LogP contribution in [0.2, 0.25) is 10.0 Å². The van der Waals surface area contributed by atoms with Crippen LogP contribution in [-0.2, 0) is 23.8 Å². The van der Waals surface area contributed by atoms with Crippen LogP contribution in [0.3, 0.4) is 0 Å². The smallest absolute Gasteiger partial charge is 0.355 e. The first-order chi connectivity index (χ1) is 14.5. The van der Waals surface area contributed by atoms with Crippen molar-refractivity contribution in [3.8, 4) is 0 Å². The lowest BCUT2D eigenvalue weighted by atomic mass is 9.94. The van der Waals surface area contributed by atoms with Gasteiger partial charge in [-0.15, -0.1) is 0 Å². The maximum Gasteiger partial charge on any atom is 0.355 e. The summed E-state index contributed by atoms with van der Waals surface area (Å²) in [6.07, 6.45) is 2.14. The maximum absolute atomic E-state index is 12.9. The largest absolute Gasteiger partial charge is 0.466 e. The molecule has 2 aliphatic rings. The molecule has 2 aromatic rings. The van der Waals surface area contributed by atoms with E-state index in [2.05, 4.69) is 0 Å². The molecule has 154 valence electrons. The highest BCUT2D eigenvalue weighted by Crippen LogP contribution is 2.44. The van der Waals surface area contributed by atoms with Crippen molar-refractivity contribution in [1.29, 1.82) is 0 Å². The van der Waals surface area contributed by atoms with Crippen molar-refractivity contribution >= 4 is 46.9 Å². The predicted octanol–water partition coefficient (Wildman–Crippen LogP) is 4.52. The van der Waals surface area contributed by atoms with Gasteiger partial charge in [-0.05, 0) is 35.4 Å². The third-order valence-electron chi connectivity index (χ3n) is 4.96. The number of anilines is 1. The fraction of sp³-hybridized carbons (Fsp3) is 0.182. The second-order valence-corrected chi connectivity index (χ2v) is 7.43. The number of carbonyl (C=O) groups is 2. The molecule has 0 saturated heterocycles. The van der Waals surface area contributed by atoms with Crippen LogP contribution in [0.5, 0.6) is 0 Å². The van der Waals surface area contributed by atoms with Gasteiger partial charge in [0, 0.05) is 0 Å². The molecule has 4 rings (SSSR count). The van der Waals surface area contributed by atoms with Gasteiger partial charge in [-0.25, -0.2) is 9.59 Å². The molecule has 2 aliphatic heterocycles. The van der Waals surface area contributed by atoms with Crippen molar-refractivity contribution in [2.24, 2.45) is 0 Å². The fourth-order valence-corrected chi connectivity index (χ4v) is 3.92. The summed E-state index contributed by atoms with van der Waals surface area (Å²) in [7, 11) is 2.50. The van der Waals surface area contributed by atoms with E-state index in [1.807, 2.05) is 36.4 Å². The number of hydrogen-bond acceptors (Lipinski definition) is 6. The minimum atomic E-state index is -0.919.